The van der Waals surface area contributed by atoms with Gasteiger partial charge in [0.05, 0.1) is 0 Å². The molecule has 5 N–H and O–H groups in total. The lowest BCUT2D eigenvalue weighted by molar-refractivity contribution is 0.0921. The van der Waals surface area contributed by atoms with Gasteiger partial charge in [0, 0.05) is 23.0 Å². The van der Waals surface area contributed by atoms with Crippen molar-refractivity contribution in [2.45, 2.75) is 64.3 Å². The second-order valence-electron chi connectivity index (χ2n) is 6.58. The predicted octanol–water partition coefficient (Wildman–Crippen LogP) is 3.72. The Hall–Kier alpha value is -1.71. The fourth-order valence-electron chi connectivity index (χ4n) is 3.35. The topological polar surface area (TPSA) is 81.1 Å². The van der Waals surface area contributed by atoms with Gasteiger partial charge in [-0.25, -0.2) is 0 Å². The van der Waals surface area contributed by atoms with Gasteiger partial charge in [0.2, 0.25) is 0 Å². The van der Waals surface area contributed by atoms with Crippen LogP contribution in [0.25, 0.3) is 0 Å². The molecule has 1 aromatic carbocycles. The molecule has 0 bridgehead atoms. The molecule has 1 amide bonds. The Labute approximate surface area is 133 Å². The number of hydrogen-bond acceptors (Lipinski definition) is 3. The summed E-state index contributed by atoms with van der Waals surface area (Å²) in [6.07, 6.45) is 9.95. The largest absolute Gasteiger partial charge is 0.399 e. The zero-order chi connectivity index (χ0) is 15.9. The van der Waals surface area contributed by atoms with Crippen LogP contribution in [0.1, 0.15) is 68.6 Å². The highest BCUT2D eigenvalue weighted by atomic mass is 16.1. The average molecular weight is 303 g/mol. The first-order chi connectivity index (χ1) is 10.6. The highest BCUT2D eigenvalue weighted by molar-refractivity contribution is 5.96. The van der Waals surface area contributed by atoms with Gasteiger partial charge in [-0.3, -0.25) is 4.79 Å². The molecule has 2 rings (SSSR count). The number of anilines is 2. The van der Waals surface area contributed by atoms with Crippen LogP contribution in [0.4, 0.5) is 11.4 Å². The number of nitrogens with two attached hydrogens (primary N) is 2. The molecule has 0 radical (unpaired) electrons. The van der Waals surface area contributed by atoms with Crippen molar-refractivity contribution in [3.8, 4) is 0 Å². The van der Waals surface area contributed by atoms with Crippen LogP contribution in [-0.2, 0) is 0 Å². The van der Waals surface area contributed by atoms with Crippen molar-refractivity contribution in [1.29, 1.82) is 0 Å². The monoisotopic (exact) mass is 303 g/mol. The summed E-state index contributed by atoms with van der Waals surface area (Å²) in [5.41, 5.74) is 13.1. The third-order valence-electron chi connectivity index (χ3n) is 4.64. The molecule has 122 valence electrons. The van der Waals surface area contributed by atoms with Crippen LogP contribution < -0.4 is 16.8 Å². The summed E-state index contributed by atoms with van der Waals surface area (Å²) in [5, 5.41) is 3.13. The molecule has 0 spiro atoms. The third kappa shape index (κ3) is 4.93. The van der Waals surface area contributed by atoms with Crippen LogP contribution >= 0.6 is 0 Å². The summed E-state index contributed by atoms with van der Waals surface area (Å²) in [7, 11) is 0. The summed E-state index contributed by atoms with van der Waals surface area (Å²) in [6.45, 7) is 2.25. The highest BCUT2D eigenvalue weighted by Crippen LogP contribution is 2.28. The molecule has 0 saturated heterocycles. The fourth-order valence-corrected chi connectivity index (χ4v) is 3.35. The molecule has 0 atom stereocenters. The summed E-state index contributed by atoms with van der Waals surface area (Å²) in [5.74, 6) is 0.788. The van der Waals surface area contributed by atoms with E-state index in [1.807, 2.05) is 0 Å². The smallest absolute Gasteiger partial charge is 0.251 e. The standard InChI is InChI=1S/C18H29N3O/c1-2-3-4-5-13-6-8-17(9-7-13)21-18(22)14-10-15(19)12-16(20)11-14/h10-13,17H,2-9,19-20H2,1H3,(H,21,22). The number of carbonyl (C=O) groups is 1. The number of nitrogens with one attached hydrogen (secondary N) is 1. The van der Waals surface area contributed by atoms with Crippen molar-refractivity contribution in [2.24, 2.45) is 5.92 Å². The van der Waals surface area contributed by atoms with Crippen LogP contribution in [0, 0.1) is 5.92 Å². The van der Waals surface area contributed by atoms with Crippen molar-refractivity contribution in [1.82, 2.24) is 5.32 Å². The number of rotatable bonds is 6. The minimum absolute atomic E-state index is 0.0616. The van der Waals surface area contributed by atoms with E-state index in [0.29, 0.717) is 16.9 Å². The maximum Gasteiger partial charge on any atom is 0.251 e. The number of nitrogen functional groups attached to an aromatic ring is 2. The van der Waals surface area contributed by atoms with Gasteiger partial charge in [0.1, 0.15) is 0 Å². The molecule has 1 aliphatic carbocycles. The van der Waals surface area contributed by atoms with Crippen LogP contribution in [0.15, 0.2) is 18.2 Å². The SMILES string of the molecule is CCCCCC1CCC(NC(=O)c2cc(N)cc(N)c2)CC1. The molecular formula is C18H29N3O. The van der Waals surface area contributed by atoms with Crippen LogP contribution in [0.2, 0.25) is 0 Å². The molecule has 0 aliphatic heterocycles. The lowest BCUT2D eigenvalue weighted by atomic mass is 9.83. The maximum absolute atomic E-state index is 12.3. The Morgan fingerprint density at radius 1 is 1.09 bits per heavy atom. The Balaban J connectivity index is 1.79. The lowest BCUT2D eigenvalue weighted by Crippen LogP contribution is -2.37. The van der Waals surface area contributed by atoms with E-state index in [-0.39, 0.29) is 11.9 Å². The first kappa shape index (κ1) is 16.7. The number of unbranched alkanes of at least 4 members (excludes halogenated alkanes) is 2. The van der Waals surface area contributed by atoms with Gasteiger partial charge in [-0.2, -0.15) is 0 Å². The van der Waals surface area contributed by atoms with E-state index in [9.17, 15) is 4.79 Å². The van der Waals surface area contributed by atoms with Crippen molar-refractivity contribution < 1.29 is 4.79 Å². The highest BCUT2D eigenvalue weighted by Gasteiger charge is 2.22. The summed E-state index contributed by atoms with van der Waals surface area (Å²) >= 11 is 0. The van der Waals surface area contributed by atoms with E-state index in [0.717, 1.165) is 18.8 Å². The molecule has 1 aromatic rings. The molecule has 4 nitrogen and oxygen atoms in total. The van der Waals surface area contributed by atoms with Gasteiger partial charge in [0.25, 0.3) is 5.91 Å². The van der Waals surface area contributed by atoms with E-state index >= 15 is 0 Å². The van der Waals surface area contributed by atoms with Crippen molar-refractivity contribution in [3.63, 3.8) is 0 Å². The third-order valence-corrected chi connectivity index (χ3v) is 4.64. The number of benzene rings is 1. The minimum atomic E-state index is -0.0616. The Morgan fingerprint density at radius 3 is 2.32 bits per heavy atom. The van der Waals surface area contributed by atoms with Gasteiger partial charge >= 0.3 is 0 Å². The molecule has 0 aromatic heterocycles. The number of carbonyl (C=O) groups excluding carboxylic acids is 1. The quantitative estimate of drug-likeness (QED) is 0.553. The van der Waals surface area contributed by atoms with E-state index in [1.165, 1.54) is 38.5 Å². The molecule has 0 heterocycles. The molecule has 22 heavy (non-hydrogen) atoms. The van der Waals surface area contributed by atoms with E-state index in [4.69, 9.17) is 11.5 Å². The Morgan fingerprint density at radius 2 is 1.73 bits per heavy atom. The van der Waals surface area contributed by atoms with Crippen molar-refractivity contribution >= 4 is 17.3 Å². The molecule has 1 fully saturated rings. The average Bonchev–Trinajstić information content (AvgIpc) is 2.48. The Kier molecular flexibility index (Phi) is 6.10. The second-order valence-corrected chi connectivity index (χ2v) is 6.58. The van der Waals surface area contributed by atoms with Crippen LogP contribution in [0.5, 0.6) is 0 Å². The molecule has 0 unspecified atom stereocenters. The van der Waals surface area contributed by atoms with Gasteiger partial charge in [-0.15, -0.1) is 0 Å². The maximum atomic E-state index is 12.3. The van der Waals surface area contributed by atoms with Crippen LogP contribution in [0.3, 0.4) is 0 Å². The molecule has 4 heteroatoms. The summed E-state index contributed by atoms with van der Waals surface area (Å²) in [4.78, 5) is 12.3. The van der Waals surface area contributed by atoms with Gasteiger partial charge in [-0.1, -0.05) is 32.6 Å². The summed E-state index contributed by atoms with van der Waals surface area (Å²) < 4.78 is 0. The zero-order valence-corrected chi connectivity index (χ0v) is 13.6. The minimum Gasteiger partial charge on any atom is -0.399 e. The van der Waals surface area contributed by atoms with Gasteiger partial charge in [-0.05, 0) is 49.8 Å². The van der Waals surface area contributed by atoms with Crippen molar-refractivity contribution in [2.75, 3.05) is 11.5 Å². The Bertz CT molecular complexity index is 473. The molecular weight excluding hydrogens is 274 g/mol. The van der Waals surface area contributed by atoms with Gasteiger partial charge < -0.3 is 16.8 Å². The fraction of sp³-hybridized carbons (Fsp3) is 0.611. The zero-order valence-electron chi connectivity index (χ0n) is 13.6. The second kappa shape index (κ2) is 8.06. The molecule has 1 saturated carbocycles. The van der Waals surface area contributed by atoms with E-state index < -0.39 is 0 Å². The normalized spacial score (nSPS) is 21.5. The number of amides is 1. The van der Waals surface area contributed by atoms with Crippen LogP contribution in [-0.4, -0.2) is 11.9 Å². The summed E-state index contributed by atoms with van der Waals surface area (Å²) in [6, 6.07) is 5.32. The van der Waals surface area contributed by atoms with Crippen molar-refractivity contribution in [3.05, 3.63) is 23.8 Å². The predicted molar refractivity (Wildman–Crippen MR) is 92.6 cm³/mol. The molecule has 1 aliphatic rings. The van der Waals surface area contributed by atoms with E-state index in [1.54, 1.807) is 18.2 Å². The van der Waals surface area contributed by atoms with E-state index in [2.05, 4.69) is 12.2 Å². The number of hydrogen-bond donors (Lipinski definition) is 3. The first-order valence-corrected chi connectivity index (χ1v) is 8.55. The first-order valence-electron chi connectivity index (χ1n) is 8.55. The lowest BCUT2D eigenvalue weighted by Gasteiger charge is -2.29. The van der Waals surface area contributed by atoms with Gasteiger partial charge in [0.15, 0.2) is 0 Å².